The van der Waals surface area contributed by atoms with E-state index < -0.39 is 0 Å². The van der Waals surface area contributed by atoms with Crippen LogP contribution in [0.3, 0.4) is 0 Å². The van der Waals surface area contributed by atoms with Gasteiger partial charge in [0.1, 0.15) is 5.01 Å². The zero-order valence-corrected chi connectivity index (χ0v) is 11.9. The van der Waals surface area contributed by atoms with E-state index in [2.05, 4.69) is 20.3 Å². The van der Waals surface area contributed by atoms with Crippen molar-refractivity contribution in [2.24, 2.45) is 0 Å². The van der Waals surface area contributed by atoms with Crippen LogP contribution in [0, 0.1) is 6.92 Å². The maximum absolute atomic E-state index is 11.8. The van der Waals surface area contributed by atoms with Crippen molar-refractivity contribution in [2.75, 3.05) is 0 Å². The number of hydrogen-bond donors (Lipinski definition) is 2. The van der Waals surface area contributed by atoms with Gasteiger partial charge in [0.15, 0.2) is 0 Å². The molecule has 4 rings (SSSR count). The first-order valence-corrected chi connectivity index (χ1v) is 7.28. The predicted molar refractivity (Wildman–Crippen MR) is 81.4 cm³/mol. The number of aromatic nitrogens is 5. The van der Waals surface area contributed by atoms with E-state index in [0.717, 1.165) is 21.8 Å². The molecule has 4 aromatic rings. The Morgan fingerprint density at radius 2 is 2.19 bits per heavy atom. The number of hydrogen-bond acceptors (Lipinski definition) is 4. The molecule has 0 amide bonds. The van der Waals surface area contributed by atoms with Crippen molar-refractivity contribution in [3.63, 3.8) is 0 Å². The van der Waals surface area contributed by atoms with Gasteiger partial charge >= 0.3 is 0 Å². The number of nitrogens with one attached hydrogen (secondary N) is 2. The first-order valence-electron chi connectivity index (χ1n) is 6.40. The van der Waals surface area contributed by atoms with Crippen molar-refractivity contribution < 1.29 is 0 Å². The molecule has 104 valence electrons. The van der Waals surface area contributed by atoms with Gasteiger partial charge in [0.25, 0.3) is 5.56 Å². The van der Waals surface area contributed by atoms with Crippen molar-refractivity contribution in [1.82, 2.24) is 24.8 Å². The average Bonchev–Trinajstić information content (AvgIpc) is 3.17. The van der Waals surface area contributed by atoms with Crippen molar-refractivity contribution in [3.05, 3.63) is 52.0 Å². The molecule has 0 saturated carbocycles. The summed E-state index contributed by atoms with van der Waals surface area (Å²) in [6, 6.07) is 5.90. The van der Waals surface area contributed by atoms with Crippen LogP contribution in [0.1, 0.15) is 5.69 Å². The average molecular weight is 297 g/mol. The summed E-state index contributed by atoms with van der Waals surface area (Å²) in [4.78, 5) is 16.4. The molecule has 0 saturated heterocycles. The van der Waals surface area contributed by atoms with Crippen molar-refractivity contribution >= 4 is 16.9 Å². The van der Waals surface area contributed by atoms with Gasteiger partial charge in [0.05, 0.1) is 28.5 Å². The molecule has 0 aromatic carbocycles. The molecule has 6 nitrogen and oxygen atoms in total. The number of thiazole rings is 1. The molecule has 0 radical (unpaired) electrons. The van der Waals surface area contributed by atoms with Gasteiger partial charge in [-0.3, -0.25) is 9.89 Å². The number of rotatable bonds is 2. The Hall–Kier alpha value is -2.67. The second-order valence-corrected chi connectivity index (χ2v) is 5.56. The molecule has 2 N–H and O–H groups in total. The van der Waals surface area contributed by atoms with Crippen LogP contribution in [0.15, 0.2) is 40.8 Å². The van der Waals surface area contributed by atoms with Gasteiger partial charge < -0.3 is 5.10 Å². The quantitative estimate of drug-likeness (QED) is 0.596. The normalized spacial score (nSPS) is 11.3. The third kappa shape index (κ3) is 1.82. The molecule has 7 heteroatoms. The summed E-state index contributed by atoms with van der Waals surface area (Å²) in [6.45, 7) is 1.85. The van der Waals surface area contributed by atoms with Crippen LogP contribution in [-0.2, 0) is 0 Å². The van der Waals surface area contributed by atoms with Crippen LogP contribution in [-0.4, -0.2) is 24.8 Å². The lowest BCUT2D eigenvalue weighted by atomic mass is 10.2. The van der Waals surface area contributed by atoms with Gasteiger partial charge in [-0.25, -0.2) is 9.50 Å². The third-order valence-corrected chi connectivity index (χ3v) is 4.26. The minimum atomic E-state index is -0.149. The van der Waals surface area contributed by atoms with E-state index in [9.17, 15) is 4.79 Å². The Kier molecular flexibility index (Phi) is 2.55. The smallest absolute Gasteiger partial charge is 0.273 e. The van der Waals surface area contributed by atoms with Gasteiger partial charge in [0, 0.05) is 17.3 Å². The summed E-state index contributed by atoms with van der Waals surface area (Å²) in [5.41, 5.74) is 3.88. The standard InChI is InChI=1S/C14H11N5OS/c1-8-12(13(20)18-17-8)10-7-21-14(16-10)9-6-15-19-5-3-2-4-11(9)19/h2-7H,1H3,(H2,17,18,20). The van der Waals surface area contributed by atoms with Crippen molar-refractivity contribution in [1.29, 1.82) is 0 Å². The summed E-state index contributed by atoms with van der Waals surface area (Å²) in [5, 5.41) is 12.5. The third-order valence-electron chi connectivity index (χ3n) is 3.38. The Balaban J connectivity index is 1.87. The highest BCUT2D eigenvalue weighted by Gasteiger charge is 2.15. The van der Waals surface area contributed by atoms with E-state index in [-0.39, 0.29) is 5.56 Å². The summed E-state index contributed by atoms with van der Waals surface area (Å²) in [6.07, 6.45) is 3.69. The van der Waals surface area contributed by atoms with Gasteiger partial charge in [-0.1, -0.05) is 6.07 Å². The monoisotopic (exact) mass is 297 g/mol. The minimum Gasteiger partial charge on any atom is -0.302 e. The van der Waals surface area contributed by atoms with Crippen LogP contribution in [0.25, 0.3) is 27.3 Å². The first kappa shape index (κ1) is 12.1. The molecule has 0 aliphatic carbocycles. The van der Waals surface area contributed by atoms with Gasteiger partial charge in [-0.05, 0) is 19.1 Å². The molecule has 0 atom stereocenters. The predicted octanol–water partition coefficient (Wildman–Crippen LogP) is 2.45. The molecule has 0 aliphatic heterocycles. The number of nitrogens with zero attached hydrogens (tertiary/aromatic N) is 3. The molecule has 0 unspecified atom stereocenters. The maximum Gasteiger partial charge on any atom is 0.273 e. The number of pyridine rings is 1. The molecule has 0 fully saturated rings. The molecule has 0 aliphatic rings. The highest BCUT2D eigenvalue weighted by atomic mass is 32.1. The first-order chi connectivity index (χ1) is 10.2. The lowest BCUT2D eigenvalue weighted by molar-refractivity contribution is 0.961. The van der Waals surface area contributed by atoms with Gasteiger partial charge in [0.2, 0.25) is 0 Å². The summed E-state index contributed by atoms with van der Waals surface area (Å²) < 4.78 is 1.81. The van der Waals surface area contributed by atoms with Crippen molar-refractivity contribution in [2.45, 2.75) is 6.92 Å². The van der Waals surface area contributed by atoms with Crippen LogP contribution in [0.5, 0.6) is 0 Å². The second kappa shape index (κ2) is 4.42. The van der Waals surface area contributed by atoms with Crippen LogP contribution >= 0.6 is 11.3 Å². The fraction of sp³-hybridized carbons (Fsp3) is 0.0714. The van der Waals surface area contributed by atoms with Crippen LogP contribution in [0.4, 0.5) is 0 Å². The van der Waals surface area contributed by atoms with E-state index in [1.807, 2.05) is 41.2 Å². The second-order valence-electron chi connectivity index (χ2n) is 4.71. The number of H-pyrrole nitrogens is 2. The van der Waals surface area contributed by atoms with E-state index in [1.54, 1.807) is 6.20 Å². The number of fused-ring (bicyclic) bond motifs is 1. The van der Waals surface area contributed by atoms with Gasteiger partial charge in [-0.15, -0.1) is 11.3 Å². The lowest BCUT2D eigenvalue weighted by Crippen LogP contribution is -2.01. The SMILES string of the molecule is Cc1[nH][nH]c(=O)c1-c1csc(-c2cnn3ccccc23)n1. The molecule has 21 heavy (non-hydrogen) atoms. The fourth-order valence-electron chi connectivity index (χ4n) is 2.37. The summed E-state index contributed by atoms with van der Waals surface area (Å²) >= 11 is 1.51. The zero-order chi connectivity index (χ0) is 14.4. The van der Waals surface area contributed by atoms with E-state index >= 15 is 0 Å². The van der Waals surface area contributed by atoms with Gasteiger partial charge in [-0.2, -0.15) is 5.10 Å². The molecule has 4 heterocycles. The van der Waals surface area contributed by atoms with Crippen LogP contribution in [0.2, 0.25) is 0 Å². The fourth-order valence-corrected chi connectivity index (χ4v) is 3.19. The van der Waals surface area contributed by atoms with E-state index in [1.165, 1.54) is 11.3 Å². The van der Waals surface area contributed by atoms with Crippen molar-refractivity contribution in [3.8, 4) is 21.8 Å². The number of aromatic amines is 2. The van der Waals surface area contributed by atoms with E-state index in [4.69, 9.17) is 0 Å². The summed E-state index contributed by atoms with van der Waals surface area (Å²) in [7, 11) is 0. The van der Waals surface area contributed by atoms with Crippen LogP contribution < -0.4 is 5.56 Å². The Morgan fingerprint density at radius 3 is 3.00 bits per heavy atom. The Labute approximate surface area is 123 Å². The minimum absolute atomic E-state index is 0.149. The number of aryl methyl sites for hydroxylation is 1. The highest BCUT2D eigenvalue weighted by molar-refractivity contribution is 7.13. The lowest BCUT2D eigenvalue weighted by Gasteiger charge is -1.94. The van der Waals surface area contributed by atoms with E-state index in [0.29, 0.717) is 11.3 Å². The molecule has 4 aromatic heterocycles. The maximum atomic E-state index is 11.8. The summed E-state index contributed by atoms with van der Waals surface area (Å²) in [5.74, 6) is 0. The highest BCUT2D eigenvalue weighted by Crippen LogP contribution is 2.30. The molecular weight excluding hydrogens is 286 g/mol. The topological polar surface area (TPSA) is 78.8 Å². The molecular formula is C14H11N5OS. The largest absolute Gasteiger partial charge is 0.302 e. The molecule has 0 spiro atoms. The Bertz CT molecular complexity index is 990. The molecule has 0 bridgehead atoms. The Morgan fingerprint density at radius 1 is 1.29 bits per heavy atom. The zero-order valence-electron chi connectivity index (χ0n) is 11.1.